The Kier molecular flexibility index (Phi) is 3.09. The first kappa shape index (κ1) is 11.4. The van der Waals surface area contributed by atoms with Crippen LogP contribution in [-0.4, -0.2) is 30.1 Å². The Morgan fingerprint density at radius 1 is 1.64 bits per heavy atom. The molecule has 1 amide bonds. The lowest BCUT2D eigenvalue weighted by Gasteiger charge is -2.11. The van der Waals surface area contributed by atoms with E-state index >= 15 is 0 Å². The van der Waals surface area contributed by atoms with E-state index in [4.69, 9.17) is 5.11 Å². The SMILES string of the molecule is CC1(C)CC1C(=O)NCC(O)C(F)F. The van der Waals surface area contributed by atoms with Crippen molar-refractivity contribution in [1.29, 1.82) is 0 Å². The first-order valence-electron chi connectivity index (χ1n) is 4.58. The smallest absolute Gasteiger partial charge is 0.265 e. The summed E-state index contributed by atoms with van der Waals surface area (Å²) in [6.45, 7) is 3.52. The zero-order valence-electron chi connectivity index (χ0n) is 8.26. The van der Waals surface area contributed by atoms with Gasteiger partial charge in [0.15, 0.2) is 0 Å². The summed E-state index contributed by atoms with van der Waals surface area (Å²) < 4.78 is 23.7. The van der Waals surface area contributed by atoms with Gasteiger partial charge < -0.3 is 10.4 Å². The second kappa shape index (κ2) is 3.81. The number of carbonyl (C=O) groups is 1. The van der Waals surface area contributed by atoms with Gasteiger partial charge >= 0.3 is 0 Å². The number of amides is 1. The average molecular weight is 207 g/mol. The summed E-state index contributed by atoms with van der Waals surface area (Å²) in [5.41, 5.74) is -0.0140. The quantitative estimate of drug-likeness (QED) is 0.715. The molecule has 0 aromatic carbocycles. The van der Waals surface area contributed by atoms with Crippen LogP contribution in [0.3, 0.4) is 0 Å². The molecule has 0 spiro atoms. The van der Waals surface area contributed by atoms with Crippen molar-refractivity contribution in [2.45, 2.75) is 32.8 Å². The molecule has 14 heavy (non-hydrogen) atoms. The molecule has 1 aliphatic carbocycles. The molecule has 0 saturated heterocycles. The number of alkyl halides is 2. The summed E-state index contributed by atoms with van der Waals surface area (Å²) in [7, 11) is 0. The van der Waals surface area contributed by atoms with E-state index in [1.807, 2.05) is 13.8 Å². The van der Waals surface area contributed by atoms with Crippen LogP contribution < -0.4 is 5.32 Å². The fraction of sp³-hybridized carbons (Fsp3) is 0.889. The predicted octanol–water partition coefficient (Wildman–Crippen LogP) is 0.775. The lowest BCUT2D eigenvalue weighted by Crippen LogP contribution is -2.37. The minimum Gasteiger partial charge on any atom is -0.385 e. The third-order valence-electron chi connectivity index (χ3n) is 2.61. The Bertz CT molecular complexity index is 231. The molecule has 2 N–H and O–H groups in total. The van der Waals surface area contributed by atoms with Crippen molar-refractivity contribution in [2.75, 3.05) is 6.54 Å². The van der Waals surface area contributed by atoms with E-state index in [-0.39, 0.29) is 23.8 Å². The molecule has 0 bridgehead atoms. The molecule has 1 fully saturated rings. The Hall–Kier alpha value is -0.710. The summed E-state index contributed by atoms with van der Waals surface area (Å²) >= 11 is 0. The maximum absolute atomic E-state index is 11.8. The van der Waals surface area contributed by atoms with E-state index in [0.717, 1.165) is 6.42 Å². The monoisotopic (exact) mass is 207 g/mol. The molecule has 82 valence electrons. The molecule has 0 aromatic heterocycles. The molecule has 2 unspecified atom stereocenters. The number of hydrogen-bond donors (Lipinski definition) is 2. The lowest BCUT2D eigenvalue weighted by atomic mass is 10.1. The fourth-order valence-electron chi connectivity index (χ4n) is 1.33. The van der Waals surface area contributed by atoms with Gasteiger partial charge in [-0.25, -0.2) is 8.78 Å². The normalized spacial score (nSPS) is 26.0. The molecule has 0 radical (unpaired) electrons. The largest absolute Gasteiger partial charge is 0.385 e. The van der Waals surface area contributed by atoms with Gasteiger partial charge in [-0.15, -0.1) is 0 Å². The van der Waals surface area contributed by atoms with Gasteiger partial charge in [-0.2, -0.15) is 0 Å². The Morgan fingerprint density at radius 3 is 2.50 bits per heavy atom. The Morgan fingerprint density at radius 2 is 2.14 bits per heavy atom. The first-order chi connectivity index (χ1) is 6.34. The van der Waals surface area contributed by atoms with Crippen molar-refractivity contribution in [2.24, 2.45) is 11.3 Å². The Labute approximate surface area is 81.5 Å². The third-order valence-corrected chi connectivity index (χ3v) is 2.61. The zero-order valence-corrected chi connectivity index (χ0v) is 8.26. The van der Waals surface area contributed by atoms with Crippen molar-refractivity contribution in [3.8, 4) is 0 Å². The van der Waals surface area contributed by atoms with Crippen LogP contribution in [0.5, 0.6) is 0 Å². The topological polar surface area (TPSA) is 49.3 Å². The molecular weight excluding hydrogens is 192 g/mol. The minimum atomic E-state index is -2.80. The van der Waals surface area contributed by atoms with Crippen LogP contribution in [-0.2, 0) is 4.79 Å². The van der Waals surface area contributed by atoms with Crippen molar-refractivity contribution < 1.29 is 18.7 Å². The molecule has 0 heterocycles. The van der Waals surface area contributed by atoms with Crippen molar-refractivity contribution >= 4 is 5.91 Å². The van der Waals surface area contributed by atoms with Crippen LogP contribution >= 0.6 is 0 Å². The van der Waals surface area contributed by atoms with Gasteiger partial charge in [-0.3, -0.25) is 4.79 Å². The van der Waals surface area contributed by atoms with Crippen LogP contribution in [0, 0.1) is 11.3 Å². The number of hydrogen-bond acceptors (Lipinski definition) is 2. The summed E-state index contributed by atoms with van der Waals surface area (Å²) in [4.78, 5) is 11.3. The van der Waals surface area contributed by atoms with Gasteiger partial charge in [-0.1, -0.05) is 13.8 Å². The highest BCUT2D eigenvalue weighted by Crippen LogP contribution is 2.51. The van der Waals surface area contributed by atoms with Gasteiger partial charge in [0.25, 0.3) is 6.43 Å². The van der Waals surface area contributed by atoms with E-state index < -0.39 is 12.5 Å². The highest BCUT2D eigenvalue weighted by molar-refractivity contribution is 5.82. The second-order valence-electron chi connectivity index (χ2n) is 4.39. The summed E-state index contributed by atoms with van der Waals surface area (Å²) in [6.07, 6.45) is -3.79. The van der Waals surface area contributed by atoms with Gasteiger partial charge in [-0.05, 0) is 11.8 Å². The molecule has 5 heteroatoms. The molecule has 2 atom stereocenters. The number of rotatable bonds is 4. The van der Waals surface area contributed by atoms with E-state index in [1.165, 1.54) is 0 Å². The van der Waals surface area contributed by atoms with Crippen molar-refractivity contribution in [1.82, 2.24) is 5.32 Å². The minimum absolute atomic E-state index is 0.0140. The van der Waals surface area contributed by atoms with Crippen LogP contribution in [0.1, 0.15) is 20.3 Å². The van der Waals surface area contributed by atoms with E-state index in [9.17, 15) is 13.6 Å². The summed E-state index contributed by atoms with van der Waals surface area (Å²) in [5.74, 6) is -0.331. The predicted molar refractivity (Wildman–Crippen MR) is 46.9 cm³/mol. The van der Waals surface area contributed by atoms with Crippen LogP contribution in [0.4, 0.5) is 8.78 Å². The number of aliphatic hydroxyl groups is 1. The van der Waals surface area contributed by atoms with Crippen LogP contribution in [0.25, 0.3) is 0 Å². The highest BCUT2D eigenvalue weighted by Gasteiger charge is 2.50. The van der Waals surface area contributed by atoms with Gasteiger partial charge in [0.05, 0.1) is 0 Å². The highest BCUT2D eigenvalue weighted by atomic mass is 19.3. The first-order valence-corrected chi connectivity index (χ1v) is 4.58. The number of halogens is 2. The van der Waals surface area contributed by atoms with Gasteiger partial charge in [0, 0.05) is 12.5 Å². The molecule has 1 aliphatic rings. The van der Waals surface area contributed by atoms with Crippen molar-refractivity contribution in [3.63, 3.8) is 0 Å². The second-order valence-corrected chi connectivity index (χ2v) is 4.39. The summed E-state index contributed by atoms with van der Waals surface area (Å²) in [5, 5.41) is 11.1. The number of carbonyl (C=O) groups excluding carboxylic acids is 1. The van der Waals surface area contributed by atoms with Crippen molar-refractivity contribution in [3.05, 3.63) is 0 Å². The third kappa shape index (κ3) is 2.64. The maximum atomic E-state index is 11.8. The molecule has 1 rings (SSSR count). The number of aliphatic hydroxyl groups excluding tert-OH is 1. The van der Waals surface area contributed by atoms with Crippen LogP contribution in [0.2, 0.25) is 0 Å². The van der Waals surface area contributed by atoms with E-state index in [0.29, 0.717) is 0 Å². The maximum Gasteiger partial charge on any atom is 0.265 e. The van der Waals surface area contributed by atoms with E-state index in [1.54, 1.807) is 0 Å². The standard InChI is InChI=1S/C9H15F2NO2/c1-9(2)3-5(9)8(14)12-4-6(13)7(10)11/h5-7,13H,3-4H2,1-2H3,(H,12,14). The molecule has 0 aromatic rings. The van der Waals surface area contributed by atoms with Gasteiger partial charge in [0.1, 0.15) is 6.10 Å². The fourth-order valence-corrected chi connectivity index (χ4v) is 1.33. The van der Waals surface area contributed by atoms with Crippen LogP contribution in [0.15, 0.2) is 0 Å². The van der Waals surface area contributed by atoms with E-state index in [2.05, 4.69) is 5.32 Å². The summed E-state index contributed by atoms with van der Waals surface area (Å²) in [6, 6.07) is 0. The molecular formula is C9H15F2NO2. The average Bonchev–Trinajstić information content (AvgIpc) is 2.70. The van der Waals surface area contributed by atoms with Gasteiger partial charge in [0.2, 0.25) is 5.91 Å². The lowest BCUT2D eigenvalue weighted by molar-refractivity contribution is -0.124. The molecule has 3 nitrogen and oxygen atoms in total. The number of nitrogens with one attached hydrogen (secondary N) is 1. The Balaban J connectivity index is 2.23. The zero-order chi connectivity index (χ0) is 10.9. The molecule has 1 saturated carbocycles. The molecule has 0 aliphatic heterocycles.